The number of ether oxygens (including phenoxy) is 2. The molecule has 0 unspecified atom stereocenters. The highest BCUT2D eigenvalue weighted by Crippen LogP contribution is 2.24. The third-order valence-electron chi connectivity index (χ3n) is 5.05. The van der Waals surface area contributed by atoms with E-state index < -0.39 is 21.8 Å². The first-order chi connectivity index (χ1) is 16.7. The second-order valence-corrected chi connectivity index (χ2v) is 9.36. The van der Waals surface area contributed by atoms with Crippen molar-refractivity contribution in [1.29, 1.82) is 0 Å². The molecule has 0 saturated heterocycles. The molecule has 0 aliphatic rings. The monoisotopic (exact) mass is 497 g/mol. The molecule has 0 radical (unpaired) electrons. The van der Waals surface area contributed by atoms with Gasteiger partial charge in [0.15, 0.2) is 0 Å². The van der Waals surface area contributed by atoms with E-state index in [-0.39, 0.29) is 17.0 Å². The van der Waals surface area contributed by atoms with Gasteiger partial charge in [0.2, 0.25) is 5.91 Å². The van der Waals surface area contributed by atoms with Gasteiger partial charge in [-0.15, -0.1) is 0 Å². The number of amides is 2. The lowest BCUT2D eigenvalue weighted by molar-refractivity contribution is -0.115. The molecule has 0 heterocycles. The number of methoxy groups -OCH3 is 1. The summed E-state index contributed by atoms with van der Waals surface area (Å²) in [6.45, 7) is 2.13. The Morgan fingerprint density at radius 2 is 1.60 bits per heavy atom. The number of sulfonamides is 1. The first-order valence-electron chi connectivity index (χ1n) is 10.8. The van der Waals surface area contributed by atoms with Crippen LogP contribution in [0.2, 0.25) is 0 Å². The molecule has 10 heteroatoms. The Morgan fingerprint density at radius 3 is 2.23 bits per heavy atom. The van der Waals surface area contributed by atoms with Crippen LogP contribution in [0.5, 0.6) is 11.5 Å². The van der Waals surface area contributed by atoms with E-state index in [0.29, 0.717) is 29.5 Å². The Hall–Kier alpha value is -4.05. The van der Waals surface area contributed by atoms with Gasteiger partial charge in [-0.25, -0.2) is 8.42 Å². The number of nitrogens with one attached hydrogen (secondary N) is 2. The fraction of sp³-hybridized carbons (Fsp3) is 0.200. The van der Waals surface area contributed by atoms with Crippen LogP contribution in [0.25, 0.3) is 0 Å². The number of nitrogens with zero attached hydrogens (tertiary/aromatic N) is 1. The van der Waals surface area contributed by atoms with E-state index in [0.717, 1.165) is 4.31 Å². The van der Waals surface area contributed by atoms with Crippen molar-refractivity contribution in [3.8, 4) is 11.5 Å². The SMILES string of the molecule is CCOc1ccc(NC(=O)CNC(=O)c2cccc(S(=O)(=O)N(C)c3ccc(OC)cc3)c2)cc1. The molecule has 3 aromatic rings. The molecule has 2 N–H and O–H groups in total. The third-order valence-corrected chi connectivity index (χ3v) is 6.83. The fourth-order valence-corrected chi connectivity index (χ4v) is 4.40. The number of hydrogen-bond donors (Lipinski definition) is 2. The molecule has 0 bridgehead atoms. The topological polar surface area (TPSA) is 114 Å². The molecule has 0 aliphatic carbocycles. The summed E-state index contributed by atoms with van der Waals surface area (Å²) in [6, 6.07) is 19.0. The molecule has 0 fully saturated rings. The Kier molecular flexibility index (Phi) is 8.32. The lowest BCUT2D eigenvalue weighted by atomic mass is 10.2. The van der Waals surface area contributed by atoms with Crippen LogP contribution in [-0.2, 0) is 14.8 Å². The number of hydrogen-bond acceptors (Lipinski definition) is 6. The minimum atomic E-state index is -3.92. The van der Waals surface area contributed by atoms with Gasteiger partial charge in [0, 0.05) is 18.3 Å². The first-order valence-corrected chi connectivity index (χ1v) is 12.2. The van der Waals surface area contributed by atoms with Gasteiger partial charge in [0.05, 0.1) is 30.8 Å². The maximum Gasteiger partial charge on any atom is 0.264 e. The van der Waals surface area contributed by atoms with E-state index in [2.05, 4.69) is 10.6 Å². The fourth-order valence-electron chi connectivity index (χ4n) is 3.16. The summed E-state index contributed by atoms with van der Waals surface area (Å²) in [5.74, 6) is 0.289. The van der Waals surface area contributed by atoms with Crippen molar-refractivity contribution in [3.05, 3.63) is 78.4 Å². The van der Waals surface area contributed by atoms with Crippen LogP contribution in [0.3, 0.4) is 0 Å². The maximum atomic E-state index is 13.1. The van der Waals surface area contributed by atoms with Crippen LogP contribution >= 0.6 is 0 Å². The molecule has 184 valence electrons. The smallest absolute Gasteiger partial charge is 0.264 e. The predicted octanol–water partition coefficient (Wildman–Crippen LogP) is 3.29. The van der Waals surface area contributed by atoms with Crippen molar-refractivity contribution in [3.63, 3.8) is 0 Å². The van der Waals surface area contributed by atoms with E-state index in [1.54, 1.807) is 48.5 Å². The highest BCUT2D eigenvalue weighted by molar-refractivity contribution is 7.92. The van der Waals surface area contributed by atoms with Gasteiger partial charge in [-0.2, -0.15) is 0 Å². The Bertz CT molecular complexity index is 1280. The van der Waals surface area contributed by atoms with Crippen LogP contribution in [-0.4, -0.2) is 47.5 Å². The Morgan fingerprint density at radius 1 is 0.943 bits per heavy atom. The molecule has 0 aliphatic heterocycles. The molecule has 0 aromatic heterocycles. The predicted molar refractivity (Wildman–Crippen MR) is 134 cm³/mol. The molecule has 0 spiro atoms. The average molecular weight is 498 g/mol. The summed E-state index contributed by atoms with van der Waals surface area (Å²) in [7, 11) is -0.975. The molecule has 0 atom stereocenters. The van der Waals surface area contributed by atoms with Gasteiger partial charge in [0.25, 0.3) is 15.9 Å². The number of carbonyl (C=O) groups is 2. The zero-order valence-electron chi connectivity index (χ0n) is 19.6. The first kappa shape index (κ1) is 25.6. The van der Waals surface area contributed by atoms with Gasteiger partial charge in [-0.3, -0.25) is 13.9 Å². The standard InChI is InChI=1S/C25H27N3O6S/c1-4-34-22-12-8-19(9-13-22)27-24(29)17-26-25(30)18-6-5-7-23(16-18)35(31,32)28(2)20-10-14-21(33-3)15-11-20/h5-16H,4,17H2,1-3H3,(H,26,30)(H,27,29). The lowest BCUT2D eigenvalue weighted by Crippen LogP contribution is -2.33. The Labute approximate surface area is 204 Å². The minimum absolute atomic E-state index is 0.0534. The summed E-state index contributed by atoms with van der Waals surface area (Å²) in [4.78, 5) is 24.7. The largest absolute Gasteiger partial charge is 0.497 e. The summed E-state index contributed by atoms with van der Waals surface area (Å²) < 4.78 is 37.7. The zero-order valence-corrected chi connectivity index (χ0v) is 20.5. The number of carbonyl (C=O) groups excluding carboxylic acids is 2. The van der Waals surface area contributed by atoms with Gasteiger partial charge in [0.1, 0.15) is 11.5 Å². The zero-order chi connectivity index (χ0) is 25.4. The maximum absolute atomic E-state index is 13.1. The molecule has 0 saturated carbocycles. The highest BCUT2D eigenvalue weighted by atomic mass is 32.2. The van der Waals surface area contributed by atoms with Crippen molar-refractivity contribution < 1.29 is 27.5 Å². The molecule has 35 heavy (non-hydrogen) atoms. The second-order valence-electron chi connectivity index (χ2n) is 7.39. The van der Waals surface area contributed by atoms with Gasteiger partial charge >= 0.3 is 0 Å². The van der Waals surface area contributed by atoms with Crippen molar-refractivity contribution in [2.24, 2.45) is 0 Å². The van der Waals surface area contributed by atoms with E-state index >= 15 is 0 Å². The van der Waals surface area contributed by atoms with Gasteiger partial charge in [-0.1, -0.05) is 6.07 Å². The average Bonchev–Trinajstić information content (AvgIpc) is 2.88. The third kappa shape index (κ3) is 6.51. The van der Waals surface area contributed by atoms with Crippen molar-refractivity contribution in [2.75, 3.05) is 36.9 Å². The van der Waals surface area contributed by atoms with Gasteiger partial charge in [-0.05, 0) is 73.7 Å². The molecule has 3 aromatic carbocycles. The van der Waals surface area contributed by atoms with Crippen molar-refractivity contribution in [2.45, 2.75) is 11.8 Å². The molecule has 9 nitrogen and oxygen atoms in total. The summed E-state index contributed by atoms with van der Waals surface area (Å²) in [5.41, 5.74) is 1.11. The Balaban J connectivity index is 1.63. The van der Waals surface area contributed by atoms with E-state index in [1.807, 2.05) is 6.92 Å². The van der Waals surface area contributed by atoms with Crippen LogP contribution in [0.15, 0.2) is 77.7 Å². The van der Waals surface area contributed by atoms with Crippen LogP contribution < -0.4 is 24.4 Å². The summed E-state index contributed by atoms with van der Waals surface area (Å²) in [6.07, 6.45) is 0. The normalized spacial score (nSPS) is 10.8. The summed E-state index contributed by atoms with van der Waals surface area (Å²) in [5, 5.41) is 5.18. The van der Waals surface area contributed by atoms with E-state index in [1.165, 1.54) is 38.4 Å². The minimum Gasteiger partial charge on any atom is -0.497 e. The quantitative estimate of drug-likeness (QED) is 0.444. The van der Waals surface area contributed by atoms with Crippen molar-refractivity contribution >= 4 is 33.2 Å². The van der Waals surface area contributed by atoms with Crippen molar-refractivity contribution in [1.82, 2.24) is 5.32 Å². The molecule has 3 rings (SSSR count). The van der Waals surface area contributed by atoms with Crippen LogP contribution in [0, 0.1) is 0 Å². The van der Waals surface area contributed by atoms with E-state index in [9.17, 15) is 18.0 Å². The molecular weight excluding hydrogens is 470 g/mol. The number of benzene rings is 3. The number of anilines is 2. The lowest BCUT2D eigenvalue weighted by Gasteiger charge is -2.20. The van der Waals surface area contributed by atoms with Crippen LogP contribution in [0.4, 0.5) is 11.4 Å². The molecular formula is C25H27N3O6S. The molecule has 2 amide bonds. The van der Waals surface area contributed by atoms with Gasteiger partial charge < -0.3 is 20.1 Å². The van der Waals surface area contributed by atoms with Crippen LogP contribution in [0.1, 0.15) is 17.3 Å². The highest BCUT2D eigenvalue weighted by Gasteiger charge is 2.22. The number of rotatable bonds is 10. The second kappa shape index (κ2) is 11.4. The summed E-state index contributed by atoms with van der Waals surface area (Å²) >= 11 is 0. The van der Waals surface area contributed by atoms with E-state index in [4.69, 9.17) is 9.47 Å².